The highest BCUT2D eigenvalue weighted by Crippen LogP contribution is 2.18. The van der Waals surface area contributed by atoms with Crippen molar-refractivity contribution in [2.45, 2.75) is 12.5 Å². The minimum Gasteiger partial charge on any atom is -0.480 e. The number of hydrogen-bond acceptors (Lipinski definition) is 3. The fourth-order valence-corrected chi connectivity index (χ4v) is 1.03. The molecule has 0 fully saturated rings. The van der Waals surface area contributed by atoms with Crippen LogP contribution in [0.4, 0.5) is 0 Å². The second-order valence-corrected chi connectivity index (χ2v) is 2.92. The zero-order valence-corrected chi connectivity index (χ0v) is 7.61. The van der Waals surface area contributed by atoms with E-state index in [1.165, 1.54) is 0 Å². The summed E-state index contributed by atoms with van der Waals surface area (Å²) in [5.74, 6) is -0.914. The lowest BCUT2D eigenvalue weighted by Crippen LogP contribution is -2.44. The first-order valence-electron chi connectivity index (χ1n) is 3.94. The number of aliphatic carboxylic acids is 1. The van der Waals surface area contributed by atoms with Crippen LogP contribution in [0.25, 0.3) is 0 Å². The van der Waals surface area contributed by atoms with Gasteiger partial charge in [0.25, 0.3) is 0 Å². The van der Waals surface area contributed by atoms with Crippen LogP contribution in [0, 0.1) is 0 Å². The molecule has 1 rings (SSSR count). The molecule has 1 aromatic rings. The predicted molar refractivity (Wildman–Crippen MR) is 48.3 cm³/mol. The lowest BCUT2D eigenvalue weighted by molar-refractivity contribution is -0.144. The maximum atomic E-state index is 11.0. The molecule has 0 aliphatic heterocycles. The highest BCUT2D eigenvalue weighted by molar-refractivity contribution is 5.80. The summed E-state index contributed by atoms with van der Waals surface area (Å²) in [5.41, 5.74) is -0.418. The Hall–Kier alpha value is -1.42. The van der Waals surface area contributed by atoms with Crippen LogP contribution in [0.5, 0.6) is 0 Å². The molecule has 0 saturated carbocycles. The van der Waals surface area contributed by atoms with Crippen molar-refractivity contribution >= 4 is 5.97 Å². The zero-order chi connectivity index (χ0) is 9.90. The van der Waals surface area contributed by atoms with Gasteiger partial charge in [-0.15, -0.1) is 0 Å². The molecule has 4 heteroatoms. The van der Waals surface area contributed by atoms with E-state index in [1.807, 2.05) is 0 Å². The second-order valence-electron chi connectivity index (χ2n) is 2.92. The van der Waals surface area contributed by atoms with Gasteiger partial charge in [-0.05, 0) is 20.0 Å². The molecular formula is C9H12N2O2. The molecule has 0 saturated heterocycles. The Morgan fingerprint density at radius 1 is 1.69 bits per heavy atom. The topological polar surface area (TPSA) is 62.2 Å². The highest BCUT2D eigenvalue weighted by Gasteiger charge is 2.33. The van der Waals surface area contributed by atoms with Crippen LogP contribution in [0.2, 0.25) is 0 Å². The number of carbonyl (C=O) groups is 1. The van der Waals surface area contributed by atoms with Gasteiger partial charge in [0.2, 0.25) is 0 Å². The van der Waals surface area contributed by atoms with Crippen molar-refractivity contribution in [1.82, 2.24) is 10.3 Å². The van der Waals surface area contributed by atoms with Crippen LogP contribution >= 0.6 is 0 Å². The number of aromatic nitrogens is 1. The number of hydrogen-bond donors (Lipinski definition) is 2. The molecule has 70 valence electrons. The van der Waals surface area contributed by atoms with E-state index in [2.05, 4.69) is 10.3 Å². The van der Waals surface area contributed by atoms with E-state index in [9.17, 15) is 4.79 Å². The second kappa shape index (κ2) is 3.53. The molecule has 0 spiro atoms. The summed E-state index contributed by atoms with van der Waals surface area (Å²) in [6.07, 6.45) is 3.16. The molecule has 1 aromatic heterocycles. The molecule has 13 heavy (non-hydrogen) atoms. The van der Waals surface area contributed by atoms with Crippen molar-refractivity contribution in [3.8, 4) is 0 Å². The maximum absolute atomic E-state index is 11.0. The minimum absolute atomic E-state index is 0.644. The minimum atomic E-state index is -1.06. The van der Waals surface area contributed by atoms with Crippen molar-refractivity contribution < 1.29 is 9.90 Å². The summed E-state index contributed by atoms with van der Waals surface area (Å²) >= 11 is 0. The largest absolute Gasteiger partial charge is 0.480 e. The lowest BCUT2D eigenvalue weighted by atomic mass is 9.94. The van der Waals surface area contributed by atoms with Crippen LogP contribution in [0.3, 0.4) is 0 Å². The molecule has 0 aliphatic rings. The molecule has 2 N–H and O–H groups in total. The predicted octanol–water partition coefficient (Wildman–Crippen LogP) is 0.601. The average molecular weight is 180 g/mol. The summed E-state index contributed by atoms with van der Waals surface area (Å²) in [6, 6.07) is 3.45. The van der Waals surface area contributed by atoms with Gasteiger partial charge < -0.3 is 10.4 Å². The summed E-state index contributed by atoms with van der Waals surface area (Å²) < 4.78 is 0. The van der Waals surface area contributed by atoms with E-state index in [0.29, 0.717) is 5.56 Å². The SMILES string of the molecule is CNC(C)(C(=O)O)c1cccnc1. The van der Waals surface area contributed by atoms with Gasteiger partial charge in [-0.25, -0.2) is 4.79 Å². The van der Waals surface area contributed by atoms with Crippen molar-refractivity contribution in [2.24, 2.45) is 0 Å². The Morgan fingerprint density at radius 2 is 2.38 bits per heavy atom. The summed E-state index contributed by atoms with van der Waals surface area (Å²) in [5, 5.41) is 11.8. The van der Waals surface area contributed by atoms with E-state index in [0.717, 1.165) is 0 Å². The number of carboxylic acid groups (broad SMARTS) is 1. The Morgan fingerprint density at radius 3 is 2.77 bits per heavy atom. The Kier molecular flexibility index (Phi) is 2.63. The van der Waals surface area contributed by atoms with Gasteiger partial charge in [-0.1, -0.05) is 6.07 Å². The normalized spacial score (nSPS) is 14.9. The fraction of sp³-hybridized carbons (Fsp3) is 0.333. The summed E-state index contributed by atoms with van der Waals surface area (Å²) in [4.78, 5) is 14.8. The van der Waals surface area contributed by atoms with E-state index in [1.54, 1.807) is 38.5 Å². The molecule has 0 bridgehead atoms. The Bertz CT molecular complexity index is 300. The van der Waals surface area contributed by atoms with E-state index >= 15 is 0 Å². The third-order valence-corrected chi connectivity index (χ3v) is 2.17. The van der Waals surface area contributed by atoms with E-state index in [4.69, 9.17) is 5.11 Å². The number of pyridine rings is 1. The monoisotopic (exact) mass is 180 g/mol. The molecule has 1 atom stereocenters. The van der Waals surface area contributed by atoms with Crippen LogP contribution < -0.4 is 5.32 Å². The van der Waals surface area contributed by atoms with E-state index in [-0.39, 0.29) is 0 Å². The van der Waals surface area contributed by atoms with Crippen molar-refractivity contribution in [3.05, 3.63) is 30.1 Å². The maximum Gasteiger partial charge on any atom is 0.328 e. The van der Waals surface area contributed by atoms with Gasteiger partial charge in [0.05, 0.1) is 0 Å². The Labute approximate surface area is 76.6 Å². The Balaban J connectivity index is 3.11. The first kappa shape index (κ1) is 9.67. The first-order chi connectivity index (χ1) is 6.11. The van der Waals surface area contributed by atoms with E-state index < -0.39 is 11.5 Å². The highest BCUT2D eigenvalue weighted by atomic mass is 16.4. The molecule has 0 radical (unpaired) electrons. The van der Waals surface area contributed by atoms with Crippen molar-refractivity contribution in [1.29, 1.82) is 0 Å². The van der Waals surface area contributed by atoms with Gasteiger partial charge in [-0.2, -0.15) is 0 Å². The van der Waals surface area contributed by atoms with Gasteiger partial charge in [0, 0.05) is 18.0 Å². The van der Waals surface area contributed by atoms with Crippen LogP contribution in [0.1, 0.15) is 12.5 Å². The third-order valence-electron chi connectivity index (χ3n) is 2.17. The van der Waals surface area contributed by atoms with Gasteiger partial charge in [0.15, 0.2) is 0 Å². The third kappa shape index (κ3) is 1.67. The number of nitrogens with one attached hydrogen (secondary N) is 1. The van der Waals surface area contributed by atoms with Crippen molar-refractivity contribution in [2.75, 3.05) is 7.05 Å². The van der Waals surface area contributed by atoms with Crippen LogP contribution in [-0.4, -0.2) is 23.1 Å². The number of carboxylic acids is 1. The fourth-order valence-electron chi connectivity index (χ4n) is 1.03. The first-order valence-corrected chi connectivity index (χ1v) is 3.94. The van der Waals surface area contributed by atoms with Crippen LogP contribution in [-0.2, 0) is 10.3 Å². The molecule has 0 aromatic carbocycles. The summed E-state index contributed by atoms with van der Waals surface area (Å²) in [6.45, 7) is 1.60. The molecule has 1 unspecified atom stereocenters. The smallest absolute Gasteiger partial charge is 0.328 e. The molecule has 0 amide bonds. The number of likely N-dealkylation sites (N-methyl/N-ethyl adjacent to an activating group) is 1. The zero-order valence-electron chi connectivity index (χ0n) is 7.61. The summed E-state index contributed by atoms with van der Waals surface area (Å²) in [7, 11) is 1.61. The van der Waals surface area contributed by atoms with Crippen LogP contribution in [0.15, 0.2) is 24.5 Å². The lowest BCUT2D eigenvalue weighted by Gasteiger charge is -2.23. The van der Waals surface area contributed by atoms with Crippen molar-refractivity contribution in [3.63, 3.8) is 0 Å². The average Bonchev–Trinajstić information content (AvgIpc) is 2.17. The number of nitrogens with zero attached hydrogens (tertiary/aromatic N) is 1. The quantitative estimate of drug-likeness (QED) is 0.715. The molecular weight excluding hydrogens is 168 g/mol. The van der Waals surface area contributed by atoms with Gasteiger partial charge >= 0.3 is 5.97 Å². The molecule has 1 heterocycles. The van der Waals surface area contributed by atoms with Gasteiger partial charge in [0.1, 0.15) is 5.54 Å². The molecule has 0 aliphatic carbocycles. The standard InChI is InChI=1S/C9H12N2O2/c1-9(10-2,8(12)13)7-4-3-5-11-6-7/h3-6,10H,1-2H3,(H,12,13). The van der Waals surface area contributed by atoms with Gasteiger partial charge in [-0.3, -0.25) is 4.98 Å². The number of rotatable bonds is 3. The molecule has 4 nitrogen and oxygen atoms in total.